The van der Waals surface area contributed by atoms with Crippen molar-refractivity contribution in [1.82, 2.24) is 0 Å². The average Bonchev–Trinajstić information content (AvgIpc) is 2.66. The van der Waals surface area contributed by atoms with Crippen LogP contribution in [0.4, 0.5) is 5.69 Å². The van der Waals surface area contributed by atoms with Gasteiger partial charge in [-0.15, -0.1) is 0 Å². The molecule has 0 spiro atoms. The lowest BCUT2D eigenvalue weighted by molar-refractivity contribution is -0.157. The molecule has 2 aliphatic rings. The number of sulfonamides is 1. The van der Waals surface area contributed by atoms with Crippen LogP contribution in [0.25, 0.3) is 0 Å². The van der Waals surface area contributed by atoms with E-state index in [0.717, 1.165) is 10.0 Å². The van der Waals surface area contributed by atoms with Crippen LogP contribution in [-0.2, 0) is 14.8 Å². The van der Waals surface area contributed by atoms with Crippen molar-refractivity contribution in [2.24, 2.45) is 11.3 Å². The molecule has 1 fully saturated rings. The quantitative estimate of drug-likeness (QED) is 0.657. The largest absolute Gasteiger partial charge is 0.486 e. The van der Waals surface area contributed by atoms with Gasteiger partial charge in [0.1, 0.15) is 11.9 Å². The molecule has 2 aromatic carbocycles. The van der Waals surface area contributed by atoms with Crippen LogP contribution in [0, 0.1) is 18.3 Å². The highest BCUT2D eigenvalue weighted by Crippen LogP contribution is 2.49. The fourth-order valence-corrected chi connectivity index (χ4v) is 6.42. The Hall–Kier alpha value is -2.06. The molecule has 0 aromatic heterocycles. The van der Waals surface area contributed by atoms with Crippen molar-refractivity contribution in [2.75, 3.05) is 10.8 Å². The zero-order chi connectivity index (χ0) is 21.7. The summed E-state index contributed by atoms with van der Waals surface area (Å²) in [7, 11) is -3.77. The monoisotopic (exact) mass is 493 g/mol. The molecule has 1 N–H and O–H groups in total. The first kappa shape index (κ1) is 21.2. The van der Waals surface area contributed by atoms with E-state index in [-0.39, 0.29) is 23.5 Å². The van der Waals surface area contributed by atoms with Gasteiger partial charge in [-0.3, -0.25) is 9.10 Å². The Bertz CT molecular complexity index is 1090. The first-order valence-corrected chi connectivity index (χ1v) is 12.1. The number of carboxylic acid groups (broad SMARTS) is 1. The van der Waals surface area contributed by atoms with Crippen LogP contribution in [0.2, 0.25) is 0 Å². The molecule has 0 bridgehead atoms. The maximum atomic E-state index is 13.5. The average molecular weight is 494 g/mol. The van der Waals surface area contributed by atoms with Crippen molar-refractivity contribution in [3.63, 3.8) is 0 Å². The molecule has 0 radical (unpaired) electrons. The second-order valence-electron chi connectivity index (χ2n) is 8.58. The van der Waals surface area contributed by atoms with Gasteiger partial charge >= 0.3 is 5.97 Å². The third-order valence-electron chi connectivity index (χ3n) is 6.02. The molecular formula is C22H24BrNO5S. The molecule has 1 aliphatic heterocycles. The second-order valence-corrected chi connectivity index (χ2v) is 11.4. The fourth-order valence-electron chi connectivity index (χ4n) is 4.47. The van der Waals surface area contributed by atoms with Crippen LogP contribution in [0.5, 0.6) is 5.75 Å². The lowest BCUT2D eigenvalue weighted by Gasteiger charge is -2.44. The first-order chi connectivity index (χ1) is 14.1. The summed E-state index contributed by atoms with van der Waals surface area (Å²) in [5.74, 6) is -0.0511. The van der Waals surface area contributed by atoms with Gasteiger partial charge in [0.05, 0.1) is 22.5 Å². The molecule has 2 aromatic rings. The zero-order valence-electron chi connectivity index (χ0n) is 16.8. The molecule has 0 amide bonds. The topological polar surface area (TPSA) is 83.9 Å². The van der Waals surface area contributed by atoms with E-state index >= 15 is 0 Å². The molecule has 1 saturated carbocycles. The minimum atomic E-state index is -3.77. The number of anilines is 1. The third-order valence-corrected chi connectivity index (χ3v) is 8.29. The lowest BCUT2D eigenvalue weighted by atomic mass is 9.61. The molecule has 160 valence electrons. The summed E-state index contributed by atoms with van der Waals surface area (Å²) in [6.07, 6.45) is 1.46. The summed E-state index contributed by atoms with van der Waals surface area (Å²) in [6, 6.07) is 12.2. The number of halogens is 1. The highest BCUT2D eigenvalue weighted by atomic mass is 79.9. The molecule has 1 aliphatic carbocycles. The fraction of sp³-hybridized carbons (Fsp3) is 0.409. The van der Waals surface area contributed by atoms with Gasteiger partial charge in [0.25, 0.3) is 10.0 Å². The number of aliphatic carboxylic acids is 1. The Morgan fingerprint density at radius 2 is 2.00 bits per heavy atom. The third kappa shape index (κ3) is 3.83. The lowest BCUT2D eigenvalue weighted by Crippen LogP contribution is -2.47. The predicted octanol–water partition coefficient (Wildman–Crippen LogP) is 4.60. The number of benzene rings is 2. The Kier molecular flexibility index (Phi) is 5.34. The Morgan fingerprint density at radius 1 is 1.27 bits per heavy atom. The van der Waals surface area contributed by atoms with Gasteiger partial charge in [-0.2, -0.15) is 0 Å². The summed E-state index contributed by atoms with van der Waals surface area (Å²) >= 11 is 3.42. The first-order valence-electron chi connectivity index (χ1n) is 9.87. The van der Waals surface area contributed by atoms with Crippen LogP contribution < -0.4 is 9.04 Å². The minimum Gasteiger partial charge on any atom is -0.486 e. The number of nitrogens with zero attached hydrogens (tertiary/aromatic N) is 1. The van der Waals surface area contributed by atoms with E-state index in [0.29, 0.717) is 30.7 Å². The predicted molar refractivity (Wildman–Crippen MR) is 117 cm³/mol. The van der Waals surface area contributed by atoms with E-state index in [9.17, 15) is 18.3 Å². The summed E-state index contributed by atoms with van der Waals surface area (Å²) in [5.41, 5.74) is 0.694. The number of hydrogen-bond donors (Lipinski definition) is 1. The molecule has 8 heteroatoms. The van der Waals surface area contributed by atoms with Crippen LogP contribution in [0.15, 0.2) is 51.8 Å². The number of aryl methyl sites for hydroxylation is 1. The van der Waals surface area contributed by atoms with E-state index < -0.39 is 21.4 Å². The maximum Gasteiger partial charge on any atom is 0.309 e. The molecule has 0 unspecified atom stereocenters. The van der Waals surface area contributed by atoms with E-state index in [1.807, 2.05) is 19.1 Å². The second kappa shape index (κ2) is 7.57. The highest BCUT2D eigenvalue weighted by Gasteiger charge is 2.47. The number of ether oxygens (including phenoxy) is 1. The summed E-state index contributed by atoms with van der Waals surface area (Å²) in [6.45, 7) is 3.82. The summed E-state index contributed by atoms with van der Waals surface area (Å²) in [4.78, 5) is 11.6. The van der Waals surface area contributed by atoms with Crippen molar-refractivity contribution in [1.29, 1.82) is 0 Å². The van der Waals surface area contributed by atoms with Gasteiger partial charge in [0.2, 0.25) is 0 Å². The number of fused-ring (bicyclic) bond motifs is 1. The number of rotatable bonds is 5. The van der Waals surface area contributed by atoms with E-state index in [1.54, 1.807) is 37.3 Å². The molecule has 0 saturated heterocycles. The smallest absolute Gasteiger partial charge is 0.309 e. The normalized spacial score (nSPS) is 25.8. The highest BCUT2D eigenvalue weighted by molar-refractivity contribution is 9.10. The summed E-state index contributed by atoms with van der Waals surface area (Å²) in [5, 5.41) is 9.35. The molecule has 4 rings (SSSR count). The van der Waals surface area contributed by atoms with Gasteiger partial charge in [-0.25, -0.2) is 8.42 Å². The van der Waals surface area contributed by atoms with Crippen molar-refractivity contribution < 1.29 is 23.1 Å². The number of hydrogen-bond acceptors (Lipinski definition) is 4. The summed E-state index contributed by atoms with van der Waals surface area (Å²) < 4.78 is 35.3. The van der Waals surface area contributed by atoms with E-state index in [4.69, 9.17) is 4.74 Å². The number of carboxylic acids is 1. The molecule has 6 nitrogen and oxygen atoms in total. The van der Waals surface area contributed by atoms with Crippen LogP contribution >= 0.6 is 15.9 Å². The SMILES string of the molecule is Cc1cccc(S(=O)(=O)N2C[C@H](CC3CC(C)(C(=O)O)C3)Oc3ccc(Br)cc32)c1. The van der Waals surface area contributed by atoms with Crippen molar-refractivity contribution in [3.05, 3.63) is 52.5 Å². The molecule has 30 heavy (non-hydrogen) atoms. The number of carbonyl (C=O) groups is 1. The minimum absolute atomic E-state index is 0.194. The Morgan fingerprint density at radius 3 is 2.67 bits per heavy atom. The zero-order valence-corrected chi connectivity index (χ0v) is 19.2. The molecule has 1 atom stereocenters. The van der Waals surface area contributed by atoms with Crippen LogP contribution in [0.3, 0.4) is 0 Å². The van der Waals surface area contributed by atoms with Crippen molar-refractivity contribution in [2.45, 2.75) is 44.1 Å². The maximum absolute atomic E-state index is 13.5. The molecule has 1 heterocycles. The van der Waals surface area contributed by atoms with Gasteiger partial charge in [0.15, 0.2) is 0 Å². The van der Waals surface area contributed by atoms with Gasteiger partial charge < -0.3 is 9.84 Å². The Labute approximate surface area is 185 Å². The Balaban J connectivity index is 1.63. The van der Waals surface area contributed by atoms with Crippen molar-refractivity contribution >= 4 is 37.6 Å². The van der Waals surface area contributed by atoms with Crippen molar-refractivity contribution in [3.8, 4) is 5.75 Å². The standard InChI is InChI=1S/C22H24BrNO5S/c1-14-4-3-5-18(8-14)30(27,28)24-13-17(9-15-11-22(2,12-15)21(25)26)29-20-7-6-16(23)10-19(20)24/h3-8,10,15,17H,9,11-13H2,1-2H3,(H,25,26)/t15?,17-,22?/m0/s1. The van der Waals surface area contributed by atoms with Gasteiger partial charge in [-0.05, 0) is 74.9 Å². The van der Waals surface area contributed by atoms with Gasteiger partial charge in [0, 0.05) is 4.47 Å². The van der Waals surface area contributed by atoms with E-state index in [1.165, 1.54) is 4.31 Å². The van der Waals surface area contributed by atoms with Gasteiger partial charge in [-0.1, -0.05) is 28.1 Å². The van der Waals surface area contributed by atoms with E-state index in [2.05, 4.69) is 15.9 Å². The molecular weight excluding hydrogens is 470 g/mol. The van der Waals surface area contributed by atoms with Crippen LogP contribution in [-0.4, -0.2) is 32.1 Å². The van der Waals surface area contributed by atoms with Crippen LogP contribution in [0.1, 0.15) is 31.7 Å².